The largest absolute Gasteiger partial charge is 0.252 e. The maximum atomic E-state index is 6.07. The van der Waals surface area contributed by atoms with Gasteiger partial charge in [-0.05, 0) is 57.3 Å². The van der Waals surface area contributed by atoms with E-state index in [1.54, 1.807) is 0 Å². The standard InChI is InChI=1S/C11H8Br2ClN/c1-5-8(14)4-3-7-10(13)9(12)6(2)15-11(5)7/h3-4H,1-2H3. The van der Waals surface area contributed by atoms with Gasteiger partial charge < -0.3 is 0 Å². The van der Waals surface area contributed by atoms with Crippen molar-refractivity contribution in [3.8, 4) is 0 Å². The summed E-state index contributed by atoms with van der Waals surface area (Å²) in [5.41, 5.74) is 2.93. The molecule has 0 amide bonds. The van der Waals surface area contributed by atoms with Gasteiger partial charge in [-0.15, -0.1) is 0 Å². The van der Waals surface area contributed by atoms with E-state index in [1.807, 2.05) is 26.0 Å². The molecule has 1 nitrogen and oxygen atoms in total. The third-order valence-corrected chi connectivity index (χ3v) is 5.13. The van der Waals surface area contributed by atoms with Crippen LogP contribution >= 0.6 is 43.5 Å². The van der Waals surface area contributed by atoms with Gasteiger partial charge in [-0.1, -0.05) is 17.7 Å². The fraction of sp³-hybridized carbons (Fsp3) is 0.182. The van der Waals surface area contributed by atoms with E-state index >= 15 is 0 Å². The number of aromatic nitrogens is 1. The predicted molar refractivity (Wildman–Crippen MR) is 71.6 cm³/mol. The lowest BCUT2D eigenvalue weighted by atomic mass is 10.1. The van der Waals surface area contributed by atoms with Gasteiger partial charge in [0.2, 0.25) is 0 Å². The molecule has 0 saturated carbocycles. The molecule has 0 radical (unpaired) electrons. The second-order valence-electron chi connectivity index (χ2n) is 3.39. The number of hydrogen-bond acceptors (Lipinski definition) is 1. The Morgan fingerprint density at radius 1 is 1.13 bits per heavy atom. The first kappa shape index (κ1) is 11.4. The normalized spacial score (nSPS) is 11.0. The SMILES string of the molecule is Cc1nc2c(C)c(Cl)ccc2c(Br)c1Br. The Labute approximate surface area is 110 Å². The molecule has 0 atom stereocenters. The maximum Gasteiger partial charge on any atom is 0.0761 e. The molecule has 0 N–H and O–H groups in total. The van der Waals surface area contributed by atoms with Crippen molar-refractivity contribution in [3.63, 3.8) is 0 Å². The van der Waals surface area contributed by atoms with Crippen LogP contribution < -0.4 is 0 Å². The molecule has 0 bridgehead atoms. The summed E-state index contributed by atoms with van der Waals surface area (Å²) in [6.45, 7) is 3.95. The first-order valence-electron chi connectivity index (χ1n) is 4.42. The quantitative estimate of drug-likeness (QED) is 0.650. The van der Waals surface area contributed by atoms with Crippen molar-refractivity contribution in [2.45, 2.75) is 13.8 Å². The molecule has 0 spiro atoms. The van der Waals surface area contributed by atoms with E-state index in [0.29, 0.717) is 0 Å². The van der Waals surface area contributed by atoms with Gasteiger partial charge in [-0.2, -0.15) is 0 Å². The minimum Gasteiger partial charge on any atom is -0.252 e. The van der Waals surface area contributed by atoms with Crippen LogP contribution in [0.4, 0.5) is 0 Å². The van der Waals surface area contributed by atoms with Crippen LogP contribution in [0.3, 0.4) is 0 Å². The highest BCUT2D eigenvalue weighted by Gasteiger charge is 2.11. The summed E-state index contributed by atoms with van der Waals surface area (Å²) >= 11 is 13.1. The highest BCUT2D eigenvalue weighted by Crippen LogP contribution is 2.35. The van der Waals surface area contributed by atoms with Gasteiger partial charge in [0.05, 0.1) is 15.7 Å². The van der Waals surface area contributed by atoms with E-state index in [0.717, 1.165) is 36.1 Å². The Morgan fingerprint density at radius 2 is 1.80 bits per heavy atom. The van der Waals surface area contributed by atoms with Crippen LogP contribution in [0.15, 0.2) is 21.1 Å². The molecule has 0 aliphatic carbocycles. The third kappa shape index (κ3) is 1.81. The van der Waals surface area contributed by atoms with E-state index in [9.17, 15) is 0 Å². The molecule has 15 heavy (non-hydrogen) atoms. The molecule has 2 rings (SSSR count). The molecule has 0 unspecified atom stereocenters. The zero-order valence-electron chi connectivity index (χ0n) is 8.24. The first-order valence-corrected chi connectivity index (χ1v) is 6.39. The summed E-state index contributed by atoms with van der Waals surface area (Å²) in [7, 11) is 0. The lowest BCUT2D eigenvalue weighted by Gasteiger charge is -2.09. The maximum absolute atomic E-state index is 6.07. The second kappa shape index (κ2) is 4.04. The smallest absolute Gasteiger partial charge is 0.0761 e. The van der Waals surface area contributed by atoms with Gasteiger partial charge >= 0.3 is 0 Å². The zero-order chi connectivity index (χ0) is 11.2. The van der Waals surface area contributed by atoms with Gasteiger partial charge in [0.15, 0.2) is 0 Å². The number of nitrogens with zero attached hydrogens (tertiary/aromatic N) is 1. The summed E-state index contributed by atoms with van der Waals surface area (Å²) < 4.78 is 2.03. The average Bonchev–Trinajstić information content (AvgIpc) is 2.21. The molecule has 0 aliphatic rings. The molecule has 0 saturated heterocycles. The highest BCUT2D eigenvalue weighted by atomic mass is 79.9. The molecular formula is C11H8Br2ClN. The fourth-order valence-corrected chi connectivity index (χ4v) is 2.55. The van der Waals surface area contributed by atoms with E-state index in [1.165, 1.54) is 0 Å². The predicted octanol–water partition coefficient (Wildman–Crippen LogP) is 5.03. The Hall–Kier alpha value is -0.120. The zero-order valence-corrected chi connectivity index (χ0v) is 12.2. The van der Waals surface area contributed by atoms with E-state index < -0.39 is 0 Å². The molecule has 0 fully saturated rings. The van der Waals surface area contributed by atoms with Crippen LogP contribution in [0.1, 0.15) is 11.3 Å². The van der Waals surface area contributed by atoms with Crippen molar-refractivity contribution >= 4 is 54.4 Å². The van der Waals surface area contributed by atoms with Crippen molar-refractivity contribution in [3.05, 3.63) is 37.4 Å². The summed E-state index contributed by atoms with van der Waals surface area (Å²) in [6, 6.07) is 3.87. The number of halogens is 3. The van der Waals surface area contributed by atoms with Crippen LogP contribution in [0.5, 0.6) is 0 Å². The summed E-state index contributed by atoms with van der Waals surface area (Å²) in [5.74, 6) is 0. The third-order valence-electron chi connectivity index (χ3n) is 2.39. The van der Waals surface area contributed by atoms with Crippen molar-refractivity contribution in [1.29, 1.82) is 0 Å². The van der Waals surface area contributed by atoms with Crippen LogP contribution in [0.2, 0.25) is 5.02 Å². The van der Waals surface area contributed by atoms with E-state index in [-0.39, 0.29) is 0 Å². The Balaban J connectivity index is 2.98. The first-order chi connectivity index (χ1) is 7.02. The van der Waals surface area contributed by atoms with Crippen LogP contribution in [0, 0.1) is 13.8 Å². The number of rotatable bonds is 0. The van der Waals surface area contributed by atoms with Gasteiger partial charge in [0.1, 0.15) is 0 Å². The molecule has 4 heteroatoms. The molecule has 1 aromatic carbocycles. The number of pyridine rings is 1. The Bertz CT molecular complexity index is 552. The van der Waals surface area contributed by atoms with Gasteiger partial charge in [0.25, 0.3) is 0 Å². The van der Waals surface area contributed by atoms with Gasteiger partial charge in [0, 0.05) is 14.9 Å². The molecule has 1 aromatic heterocycles. The van der Waals surface area contributed by atoms with Crippen molar-refractivity contribution in [1.82, 2.24) is 4.98 Å². The number of benzene rings is 1. The number of aryl methyl sites for hydroxylation is 2. The van der Waals surface area contributed by atoms with Gasteiger partial charge in [-0.25, -0.2) is 0 Å². The molecule has 0 aliphatic heterocycles. The topological polar surface area (TPSA) is 12.9 Å². The lowest BCUT2D eigenvalue weighted by molar-refractivity contribution is 1.21. The number of fused-ring (bicyclic) bond motifs is 1. The van der Waals surface area contributed by atoms with Crippen molar-refractivity contribution < 1.29 is 0 Å². The van der Waals surface area contributed by atoms with E-state index in [4.69, 9.17) is 11.6 Å². The second-order valence-corrected chi connectivity index (χ2v) is 5.39. The van der Waals surface area contributed by atoms with E-state index in [2.05, 4.69) is 36.8 Å². The molecule has 2 aromatic rings. The molecule has 78 valence electrons. The highest BCUT2D eigenvalue weighted by molar-refractivity contribution is 9.13. The monoisotopic (exact) mass is 347 g/mol. The minimum atomic E-state index is 0.753. The van der Waals surface area contributed by atoms with Crippen LogP contribution in [0.25, 0.3) is 10.9 Å². The van der Waals surface area contributed by atoms with Crippen molar-refractivity contribution in [2.24, 2.45) is 0 Å². The average molecular weight is 349 g/mol. The summed E-state index contributed by atoms with van der Waals surface area (Å²) in [6.07, 6.45) is 0. The molecule has 1 heterocycles. The Kier molecular flexibility index (Phi) is 3.06. The number of hydrogen-bond donors (Lipinski definition) is 0. The van der Waals surface area contributed by atoms with Crippen molar-refractivity contribution in [2.75, 3.05) is 0 Å². The van der Waals surface area contributed by atoms with Crippen LogP contribution in [-0.2, 0) is 0 Å². The fourth-order valence-electron chi connectivity index (χ4n) is 1.49. The summed E-state index contributed by atoms with van der Waals surface area (Å²) in [4.78, 5) is 4.54. The lowest BCUT2D eigenvalue weighted by Crippen LogP contribution is -1.91. The summed E-state index contributed by atoms with van der Waals surface area (Å²) in [5, 5.41) is 1.83. The molecular weight excluding hydrogens is 341 g/mol. The minimum absolute atomic E-state index is 0.753. The van der Waals surface area contributed by atoms with Gasteiger partial charge in [-0.3, -0.25) is 4.98 Å². The Morgan fingerprint density at radius 3 is 2.47 bits per heavy atom. The van der Waals surface area contributed by atoms with Crippen LogP contribution in [-0.4, -0.2) is 4.98 Å².